The highest BCUT2D eigenvalue weighted by Gasteiger charge is 2.36. The maximum absolute atomic E-state index is 2.53. The van der Waals surface area contributed by atoms with Gasteiger partial charge in [0, 0.05) is 0 Å². The number of rotatable bonds is 1. The minimum Gasteiger partial charge on any atom is -0.0668 e. The van der Waals surface area contributed by atoms with Gasteiger partial charge < -0.3 is 0 Å². The molecule has 4 atom stereocenters. The van der Waals surface area contributed by atoms with Gasteiger partial charge in [-0.3, -0.25) is 0 Å². The molecule has 4 rings (SSSR count). The van der Waals surface area contributed by atoms with E-state index in [1.807, 2.05) is 0 Å². The molecule has 0 aromatic rings. The normalized spacial score (nSPS) is 50.0. The summed E-state index contributed by atoms with van der Waals surface area (Å²) in [7, 11) is 0. The van der Waals surface area contributed by atoms with E-state index in [9.17, 15) is 0 Å². The fourth-order valence-electron chi connectivity index (χ4n) is 4.82. The van der Waals surface area contributed by atoms with E-state index in [2.05, 4.69) is 12.2 Å². The van der Waals surface area contributed by atoms with Crippen LogP contribution in [-0.2, 0) is 0 Å². The van der Waals surface area contributed by atoms with E-state index in [1.165, 1.54) is 51.4 Å². The summed E-state index contributed by atoms with van der Waals surface area (Å²) in [5.41, 5.74) is 3.60. The van der Waals surface area contributed by atoms with Crippen LogP contribution in [0.2, 0.25) is 0 Å². The van der Waals surface area contributed by atoms with Crippen LogP contribution >= 0.6 is 0 Å². The third-order valence-electron chi connectivity index (χ3n) is 5.69. The second kappa shape index (κ2) is 3.48. The standard InChI is InChI=1S/C16H22/c1-3-13-7-11(1)9-15(13)5-6-16-10-12-2-4-14(16)8-12/h5-6,11-14H,1-4,7-10H2. The highest BCUT2D eigenvalue weighted by Crippen LogP contribution is 2.50. The number of allylic oxidation sites excluding steroid dienone is 4. The van der Waals surface area contributed by atoms with Crippen molar-refractivity contribution in [1.82, 2.24) is 0 Å². The molecule has 4 bridgehead atoms. The Morgan fingerprint density at radius 1 is 0.688 bits per heavy atom. The van der Waals surface area contributed by atoms with Crippen molar-refractivity contribution < 1.29 is 0 Å². The quantitative estimate of drug-likeness (QED) is 0.603. The highest BCUT2D eigenvalue weighted by atomic mass is 14.4. The maximum Gasteiger partial charge on any atom is -0.0197 e. The van der Waals surface area contributed by atoms with Gasteiger partial charge in [-0.2, -0.15) is 0 Å². The van der Waals surface area contributed by atoms with Crippen molar-refractivity contribution in [3.63, 3.8) is 0 Å². The molecule has 0 aromatic carbocycles. The zero-order valence-electron chi connectivity index (χ0n) is 10.1. The van der Waals surface area contributed by atoms with Crippen molar-refractivity contribution in [3.8, 4) is 0 Å². The summed E-state index contributed by atoms with van der Waals surface area (Å²) in [4.78, 5) is 0. The molecule has 0 nitrogen and oxygen atoms in total. The molecular weight excluding hydrogens is 192 g/mol. The summed E-state index contributed by atoms with van der Waals surface area (Å²) in [5.74, 6) is 4.10. The molecule has 86 valence electrons. The van der Waals surface area contributed by atoms with Crippen molar-refractivity contribution in [3.05, 3.63) is 23.3 Å². The summed E-state index contributed by atoms with van der Waals surface area (Å²) in [6.45, 7) is 0. The first-order chi connectivity index (χ1) is 7.88. The van der Waals surface area contributed by atoms with Crippen LogP contribution in [-0.4, -0.2) is 0 Å². The summed E-state index contributed by atoms with van der Waals surface area (Å²) in [6.07, 6.45) is 17.0. The van der Waals surface area contributed by atoms with Crippen LogP contribution in [0.3, 0.4) is 0 Å². The first-order valence-corrected chi connectivity index (χ1v) is 7.28. The Balaban J connectivity index is 1.52. The summed E-state index contributed by atoms with van der Waals surface area (Å²) >= 11 is 0. The van der Waals surface area contributed by atoms with Gasteiger partial charge in [-0.15, -0.1) is 0 Å². The minimum absolute atomic E-state index is 0.987. The lowest BCUT2D eigenvalue weighted by atomic mass is 9.91. The van der Waals surface area contributed by atoms with E-state index in [4.69, 9.17) is 0 Å². The van der Waals surface area contributed by atoms with E-state index in [-0.39, 0.29) is 0 Å². The molecule has 0 saturated heterocycles. The summed E-state index contributed by atoms with van der Waals surface area (Å²) in [5, 5.41) is 0. The van der Waals surface area contributed by atoms with Crippen molar-refractivity contribution >= 4 is 0 Å². The third kappa shape index (κ3) is 1.42. The van der Waals surface area contributed by atoms with Crippen molar-refractivity contribution in [2.45, 2.75) is 51.4 Å². The Morgan fingerprint density at radius 2 is 1.19 bits per heavy atom. The molecule has 4 fully saturated rings. The zero-order valence-corrected chi connectivity index (χ0v) is 10.1. The van der Waals surface area contributed by atoms with E-state index in [1.54, 1.807) is 11.1 Å². The monoisotopic (exact) mass is 214 g/mol. The molecule has 4 saturated carbocycles. The summed E-state index contributed by atoms with van der Waals surface area (Å²) in [6, 6.07) is 0. The van der Waals surface area contributed by atoms with Gasteiger partial charge >= 0.3 is 0 Å². The average Bonchev–Trinajstić information content (AvgIpc) is 3.05. The predicted molar refractivity (Wildman–Crippen MR) is 67.1 cm³/mol. The molecule has 4 aliphatic carbocycles. The van der Waals surface area contributed by atoms with Gasteiger partial charge in [-0.05, 0) is 75.0 Å². The van der Waals surface area contributed by atoms with Crippen molar-refractivity contribution in [2.75, 3.05) is 0 Å². The molecule has 0 heterocycles. The fourth-order valence-corrected chi connectivity index (χ4v) is 4.82. The first-order valence-electron chi connectivity index (χ1n) is 7.28. The van der Waals surface area contributed by atoms with Crippen LogP contribution in [0.25, 0.3) is 0 Å². The number of hydrogen-bond donors (Lipinski definition) is 0. The summed E-state index contributed by atoms with van der Waals surface area (Å²) < 4.78 is 0. The van der Waals surface area contributed by atoms with Gasteiger partial charge in [0.2, 0.25) is 0 Å². The van der Waals surface area contributed by atoms with Crippen LogP contribution in [0.4, 0.5) is 0 Å². The van der Waals surface area contributed by atoms with Gasteiger partial charge in [0.25, 0.3) is 0 Å². The van der Waals surface area contributed by atoms with E-state index < -0.39 is 0 Å². The number of fused-ring (bicyclic) bond motifs is 4. The highest BCUT2D eigenvalue weighted by molar-refractivity contribution is 5.28. The average molecular weight is 214 g/mol. The first kappa shape index (κ1) is 9.50. The molecule has 0 heteroatoms. The molecule has 4 aliphatic rings. The molecular formula is C16H22. The van der Waals surface area contributed by atoms with E-state index >= 15 is 0 Å². The van der Waals surface area contributed by atoms with Gasteiger partial charge in [-0.25, -0.2) is 0 Å². The largest absolute Gasteiger partial charge is 0.0668 e. The Hall–Kier alpha value is -0.520. The molecule has 0 N–H and O–H groups in total. The predicted octanol–water partition coefficient (Wildman–Crippen LogP) is 4.48. The van der Waals surface area contributed by atoms with Gasteiger partial charge in [0.15, 0.2) is 0 Å². The molecule has 0 amide bonds. The van der Waals surface area contributed by atoms with E-state index in [0.29, 0.717) is 0 Å². The molecule has 0 spiro atoms. The molecule has 0 aliphatic heterocycles. The van der Waals surface area contributed by atoms with Crippen molar-refractivity contribution in [2.24, 2.45) is 23.7 Å². The van der Waals surface area contributed by atoms with Gasteiger partial charge in [0.1, 0.15) is 0 Å². The maximum atomic E-state index is 2.53. The molecule has 0 aromatic heterocycles. The molecule has 16 heavy (non-hydrogen) atoms. The van der Waals surface area contributed by atoms with Crippen LogP contribution in [0, 0.1) is 23.7 Å². The van der Waals surface area contributed by atoms with Crippen molar-refractivity contribution in [1.29, 1.82) is 0 Å². The smallest absolute Gasteiger partial charge is 0.0197 e. The topological polar surface area (TPSA) is 0 Å². The second-order valence-corrected chi connectivity index (χ2v) is 6.64. The van der Waals surface area contributed by atoms with Crippen LogP contribution in [0.15, 0.2) is 23.3 Å². The Labute approximate surface area is 98.8 Å². The second-order valence-electron chi connectivity index (χ2n) is 6.64. The van der Waals surface area contributed by atoms with Gasteiger partial charge in [-0.1, -0.05) is 23.3 Å². The molecule has 0 radical (unpaired) electrons. The minimum atomic E-state index is 0.987. The Kier molecular flexibility index (Phi) is 2.07. The van der Waals surface area contributed by atoms with E-state index in [0.717, 1.165) is 23.7 Å². The Morgan fingerprint density at radius 3 is 1.50 bits per heavy atom. The Bertz CT molecular complexity index is 324. The number of hydrogen-bond acceptors (Lipinski definition) is 0. The zero-order chi connectivity index (χ0) is 10.5. The lowest BCUT2D eigenvalue weighted by molar-refractivity contribution is 0.557. The lowest BCUT2D eigenvalue weighted by Crippen LogP contribution is -1.99. The third-order valence-corrected chi connectivity index (χ3v) is 5.69. The van der Waals surface area contributed by atoms with Crippen LogP contribution in [0.5, 0.6) is 0 Å². The lowest BCUT2D eigenvalue weighted by Gasteiger charge is -2.14. The van der Waals surface area contributed by atoms with Gasteiger partial charge in [0.05, 0.1) is 0 Å². The SMILES string of the molecule is C(C=C1CC2CCC1C2)=C1CC2CCC1C2. The molecule has 4 unspecified atom stereocenters. The fraction of sp³-hybridized carbons (Fsp3) is 0.750. The van der Waals surface area contributed by atoms with Crippen LogP contribution in [0.1, 0.15) is 51.4 Å². The van der Waals surface area contributed by atoms with Crippen LogP contribution < -0.4 is 0 Å².